The van der Waals surface area contributed by atoms with Gasteiger partial charge in [-0.25, -0.2) is 0 Å². The Morgan fingerprint density at radius 2 is 2.10 bits per heavy atom. The van der Waals surface area contributed by atoms with E-state index in [4.69, 9.17) is 9.47 Å². The topological polar surface area (TPSA) is 42.0 Å². The zero-order valence-electron chi connectivity index (χ0n) is 12.3. The van der Waals surface area contributed by atoms with E-state index in [0.717, 1.165) is 5.69 Å². The minimum Gasteiger partial charge on any atom is -0.382 e. The van der Waals surface area contributed by atoms with Crippen molar-refractivity contribution in [2.24, 2.45) is 0 Å². The first kappa shape index (κ1) is 14.8. The summed E-state index contributed by atoms with van der Waals surface area (Å²) < 4.78 is 10.6. The van der Waals surface area contributed by atoms with Gasteiger partial charge < -0.3 is 19.3 Å². The fourth-order valence-corrected chi connectivity index (χ4v) is 2.32. The van der Waals surface area contributed by atoms with Crippen LogP contribution >= 0.6 is 0 Å². The van der Waals surface area contributed by atoms with Gasteiger partial charge in [0, 0.05) is 39.0 Å². The molecule has 1 aromatic rings. The summed E-state index contributed by atoms with van der Waals surface area (Å²) in [7, 11) is 5.60. The van der Waals surface area contributed by atoms with Crippen LogP contribution in [0.3, 0.4) is 0 Å². The van der Waals surface area contributed by atoms with E-state index in [9.17, 15) is 4.79 Å². The lowest BCUT2D eigenvalue weighted by Gasteiger charge is -2.35. The average molecular weight is 278 g/mol. The highest BCUT2D eigenvalue weighted by atomic mass is 16.5. The number of hydrogen-bond acceptors (Lipinski definition) is 4. The maximum atomic E-state index is 12.6. The second-order valence-electron chi connectivity index (χ2n) is 5.12. The second-order valence-corrected chi connectivity index (χ2v) is 5.12. The number of methoxy groups -OCH3 is 1. The van der Waals surface area contributed by atoms with E-state index in [-0.39, 0.29) is 11.9 Å². The van der Waals surface area contributed by atoms with Crippen LogP contribution in [-0.4, -0.2) is 64.4 Å². The van der Waals surface area contributed by atoms with Gasteiger partial charge in [-0.05, 0) is 24.3 Å². The Kier molecular flexibility index (Phi) is 4.98. The van der Waals surface area contributed by atoms with Crippen molar-refractivity contribution < 1.29 is 14.3 Å². The summed E-state index contributed by atoms with van der Waals surface area (Å²) in [5.41, 5.74) is 1.79. The molecule has 0 bridgehead atoms. The molecule has 1 aliphatic rings. The molecule has 1 unspecified atom stereocenters. The molecule has 1 aliphatic heterocycles. The molecule has 2 rings (SSSR count). The van der Waals surface area contributed by atoms with E-state index in [1.165, 1.54) is 0 Å². The zero-order chi connectivity index (χ0) is 14.5. The fraction of sp³-hybridized carbons (Fsp3) is 0.533. The molecule has 0 N–H and O–H groups in total. The Balaban J connectivity index is 2.12. The molecule has 0 radical (unpaired) electrons. The smallest absolute Gasteiger partial charge is 0.254 e. The van der Waals surface area contributed by atoms with Crippen LogP contribution in [0.15, 0.2) is 24.3 Å². The molecular weight excluding hydrogens is 256 g/mol. The monoisotopic (exact) mass is 278 g/mol. The lowest BCUT2D eigenvalue weighted by molar-refractivity contribution is -0.0251. The molecule has 0 spiro atoms. The molecule has 1 saturated heterocycles. The summed E-state index contributed by atoms with van der Waals surface area (Å²) in [5, 5.41) is 0. The number of nitrogens with zero attached hydrogens (tertiary/aromatic N) is 2. The van der Waals surface area contributed by atoms with E-state index in [1.54, 1.807) is 7.11 Å². The van der Waals surface area contributed by atoms with Gasteiger partial charge in [0.1, 0.15) is 0 Å². The van der Waals surface area contributed by atoms with Gasteiger partial charge in [0.25, 0.3) is 5.91 Å². The highest BCUT2D eigenvalue weighted by Gasteiger charge is 2.27. The van der Waals surface area contributed by atoms with E-state index >= 15 is 0 Å². The highest BCUT2D eigenvalue weighted by Crippen LogP contribution is 2.16. The number of amides is 1. The van der Waals surface area contributed by atoms with Crippen molar-refractivity contribution in [2.45, 2.75) is 6.04 Å². The normalized spacial score (nSPS) is 18.9. The maximum Gasteiger partial charge on any atom is 0.254 e. The number of hydrogen-bond donors (Lipinski definition) is 0. The summed E-state index contributed by atoms with van der Waals surface area (Å²) in [6.07, 6.45) is 0. The highest BCUT2D eigenvalue weighted by molar-refractivity contribution is 5.94. The quantitative estimate of drug-likeness (QED) is 0.831. The third-order valence-electron chi connectivity index (χ3n) is 3.48. The molecule has 0 saturated carbocycles. The number of anilines is 1. The van der Waals surface area contributed by atoms with Crippen molar-refractivity contribution in [3.05, 3.63) is 29.8 Å². The van der Waals surface area contributed by atoms with Gasteiger partial charge in [-0.3, -0.25) is 4.79 Å². The molecule has 20 heavy (non-hydrogen) atoms. The Bertz CT molecular complexity index is 443. The number of ether oxygens (including phenoxy) is 2. The minimum atomic E-state index is -0.00484. The molecule has 1 aromatic carbocycles. The molecule has 0 aromatic heterocycles. The lowest BCUT2D eigenvalue weighted by atomic mass is 10.1. The standard InChI is InChI=1S/C15H22N2O3/c1-16(2)13-6-4-12(5-7-13)15(18)17-8-9-20-11-14(17)10-19-3/h4-7,14H,8-11H2,1-3H3. The number of benzene rings is 1. The average Bonchev–Trinajstić information content (AvgIpc) is 2.47. The number of rotatable bonds is 4. The van der Waals surface area contributed by atoms with Crippen LogP contribution in [-0.2, 0) is 9.47 Å². The van der Waals surface area contributed by atoms with E-state index in [2.05, 4.69) is 0 Å². The fourth-order valence-electron chi connectivity index (χ4n) is 2.32. The van der Waals surface area contributed by atoms with Crippen LogP contribution < -0.4 is 4.90 Å². The molecule has 110 valence electrons. The molecule has 1 fully saturated rings. The first-order chi connectivity index (χ1) is 9.63. The Labute approximate surface area is 120 Å². The Morgan fingerprint density at radius 3 is 2.70 bits per heavy atom. The van der Waals surface area contributed by atoms with Crippen LogP contribution in [0.4, 0.5) is 5.69 Å². The molecule has 5 nitrogen and oxygen atoms in total. The lowest BCUT2D eigenvalue weighted by Crippen LogP contribution is -2.50. The van der Waals surface area contributed by atoms with Crippen LogP contribution in [0.25, 0.3) is 0 Å². The van der Waals surface area contributed by atoms with Gasteiger partial charge in [0.05, 0.1) is 25.9 Å². The zero-order valence-corrected chi connectivity index (χ0v) is 12.3. The first-order valence-electron chi connectivity index (χ1n) is 6.78. The molecule has 1 heterocycles. The minimum absolute atomic E-state index is 0.00484. The molecule has 1 amide bonds. The third kappa shape index (κ3) is 3.29. The third-order valence-corrected chi connectivity index (χ3v) is 3.48. The van der Waals surface area contributed by atoms with Crippen molar-refractivity contribution in [2.75, 3.05) is 52.5 Å². The molecule has 1 atom stereocenters. The first-order valence-corrected chi connectivity index (χ1v) is 6.78. The summed E-state index contributed by atoms with van der Waals surface area (Å²) >= 11 is 0. The predicted molar refractivity (Wildman–Crippen MR) is 78.3 cm³/mol. The van der Waals surface area contributed by atoms with E-state index < -0.39 is 0 Å². The second kappa shape index (κ2) is 6.72. The summed E-state index contributed by atoms with van der Waals surface area (Å²) in [4.78, 5) is 16.4. The Morgan fingerprint density at radius 1 is 1.40 bits per heavy atom. The van der Waals surface area contributed by atoms with E-state index in [0.29, 0.717) is 31.9 Å². The molecule has 5 heteroatoms. The van der Waals surface area contributed by atoms with Crippen LogP contribution in [0.5, 0.6) is 0 Å². The van der Waals surface area contributed by atoms with Crippen molar-refractivity contribution in [1.29, 1.82) is 0 Å². The van der Waals surface area contributed by atoms with Gasteiger partial charge in [-0.1, -0.05) is 0 Å². The van der Waals surface area contributed by atoms with Gasteiger partial charge >= 0.3 is 0 Å². The molecule has 0 aliphatic carbocycles. The number of carbonyl (C=O) groups is 1. The number of carbonyl (C=O) groups excluding carboxylic acids is 1. The predicted octanol–water partition coefficient (Wildman–Crippen LogP) is 1.24. The summed E-state index contributed by atoms with van der Waals surface area (Å²) in [6, 6.07) is 7.65. The summed E-state index contributed by atoms with van der Waals surface area (Å²) in [5.74, 6) is 0.0423. The van der Waals surface area contributed by atoms with Gasteiger partial charge in [-0.2, -0.15) is 0 Å². The molecular formula is C15H22N2O3. The van der Waals surface area contributed by atoms with Gasteiger partial charge in [0.15, 0.2) is 0 Å². The van der Waals surface area contributed by atoms with Crippen molar-refractivity contribution in [3.8, 4) is 0 Å². The van der Waals surface area contributed by atoms with Crippen molar-refractivity contribution in [1.82, 2.24) is 4.90 Å². The van der Waals surface area contributed by atoms with Crippen LogP contribution in [0.1, 0.15) is 10.4 Å². The van der Waals surface area contributed by atoms with Crippen LogP contribution in [0.2, 0.25) is 0 Å². The van der Waals surface area contributed by atoms with Crippen molar-refractivity contribution in [3.63, 3.8) is 0 Å². The summed E-state index contributed by atoms with van der Waals surface area (Å²) in [6.45, 7) is 2.24. The van der Waals surface area contributed by atoms with Crippen LogP contribution in [0, 0.1) is 0 Å². The van der Waals surface area contributed by atoms with Crippen molar-refractivity contribution >= 4 is 11.6 Å². The maximum absolute atomic E-state index is 12.6. The van der Waals surface area contributed by atoms with Gasteiger partial charge in [0.2, 0.25) is 0 Å². The Hall–Kier alpha value is -1.59. The SMILES string of the molecule is COCC1COCCN1C(=O)c1ccc(N(C)C)cc1. The largest absolute Gasteiger partial charge is 0.382 e. The van der Waals surface area contributed by atoms with E-state index in [1.807, 2.05) is 48.2 Å². The number of morpholine rings is 1. The van der Waals surface area contributed by atoms with Gasteiger partial charge in [-0.15, -0.1) is 0 Å².